The molecule has 0 spiro atoms. The Kier molecular flexibility index (Phi) is 6.68. The molecule has 0 atom stereocenters. The smallest absolute Gasteiger partial charge is 0.335 e. The fraction of sp³-hybridized carbons (Fsp3) is 0.0435. The molecule has 0 saturated carbocycles. The van der Waals surface area contributed by atoms with Gasteiger partial charge in [0.25, 0.3) is 5.91 Å². The van der Waals surface area contributed by atoms with Gasteiger partial charge < -0.3 is 16.2 Å². The van der Waals surface area contributed by atoms with Crippen LogP contribution in [0, 0.1) is 0 Å². The fourth-order valence-electron chi connectivity index (χ4n) is 2.67. The summed E-state index contributed by atoms with van der Waals surface area (Å²) >= 11 is 0. The van der Waals surface area contributed by atoms with Crippen molar-refractivity contribution in [3.8, 4) is 11.1 Å². The summed E-state index contributed by atoms with van der Waals surface area (Å²) in [5.41, 5.74) is 8.89. The van der Waals surface area contributed by atoms with Crippen molar-refractivity contribution >= 4 is 23.9 Å². The van der Waals surface area contributed by atoms with Crippen LogP contribution < -0.4 is 11.1 Å². The summed E-state index contributed by atoms with van der Waals surface area (Å²) in [6.45, 7) is 0.325. The van der Waals surface area contributed by atoms with Gasteiger partial charge in [-0.15, -0.1) is 0 Å². The number of carboxylic acid groups (broad SMARTS) is 1. The summed E-state index contributed by atoms with van der Waals surface area (Å²) < 4.78 is 0. The Bertz CT molecular complexity index is 1090. The number of benzene rings is 2. The van der Waals surface area contributed by atoms with Crippen LogP contribution in [0.25, 0.3) is 11.1 Å². The van der Waals surface area contributed by atoms with E-state index >= 15 is 0 Å². The van der Waals surface area contributed by atoms with Crippen molar-refractivity contribution in [2.24, 2.45) is 10.7 Å². The van der Waals surface area contributed by atoms with Crippen LogP contribution in [0.1, 0.15) is 15.9 Å². The number of hydrogen-bond donors (Lipinski definition) is 3. The van der Waals surface area contributed by atoms with E-state index < -0.39 is 11.9 Å². The number of aromatic nitrogens is 1. The predicted molar refractivity (Wildman–Crippen MR) is 115 cm³/mol. The first-order valence-corrected chi connectivity index (χ1v) is 9.14. The number of carbonyl (C=O) groups excluding carboxylic acids is 1. The third-order valence-electron chi connectivity index (χ3n) is 4.28. The van der Waals surface area contributed by atoms with E-state index in [4.69, 9.17) is 10.8 Å². The first kappa shape index (κ1) is 20.5. The van der Waals surface area contributed by atoms with Crippen LogP contribution in [0.5, 0.6) is 0 Å². The standard InChI is InChI=1S/C23H20N4O3/c24-13-20(15-26-21-12-19(23(29)30)10-11-25-21)22(28)27-14-16-6-8-18(9-7-16)17-4-2-1-3-5-17/h1-13,15H,14,24H2,(H,27,28)(H,29,30)/b20-13+,26-15?. The number of carboxylic acids is 1. The summed E-state index contributed by atoms with van der Waals surface area (Å²) in [6, 6.07) is 20.6. The first-order chi connectivity index (χ1) is 14.6. The van der Waals surface area contributed by atoms with Crippen LogP contribution in [0.15, 0.2) is 89.7 Å². The molecule has 1 heterocycles. The average molecular weight is 400 g/mol. The minimum atomic E-state index is -1.08. The Morgan fingerprint density at radius 1 is 1.03 bits per heavy atom. The summed E-state index contributed by atoms with van der Waals surface area (Å²) in [7, 11) is 0. The molecule has 4 N–H and O–H groups in total. The fourth-order valence-corrected chi connectivity index (χ4v) is 2.67. The number of amides is 1. The Labute approximate surface area is 173 Å². The largest absolute Gasteiger partial charge is 0.478 e. The molecule has 7 nitrogen and oxygen atoms in total. The highest BCUT2D eigenvalue weighted by atomic mass is 16.4. The number of aromatic carboxylic acids is 1. The van der Waals surface area contributed by atoms with E-state index in [2.05, 4.69) is 15.3 Å². The molecule has 0 radical (unpaired) electrons. The maximum absolute atomic E-state index is 12.4. The lowest BCUT2D eigenvalue weighted by Gasteiger charge is -2.07. The lowest BCUT2D eigenvalue weighted by Crippen LogP contribution is -2.25. The minimum absolute atomic E-state index is 0.0545. The number of nitrogens with two attached hydrogens (primary N) is 1. The topological polar surface area (TPSA) is 118 Å². The van der Waals surface area contributed by atoms with Crippen LogP contribution in [0.3, 0.4) is 0 Å². The molecule has 0 fully saturated rings. The van der Waals surface area contributed by atoms with Crippen molar-refractivity contribution in [3.05, 3.63) is 95.8 Å². The maximum atomic E-state index is 12.4. The van der Waals surface area contributed by atoms with Crippen LogP contribution in [0.2, 0.25) is 0 Å². The van der Waals surface area contributed by atoms with Crippen molar-refractivity contribution in [1.82, 2.24) is 10.3 Å². The van der Waals surface area contributed by atoms with Gasteiger partial charge in [0, 0.05) is 25.2 Å². The molecule has 2 aromatic carbocycles. The van der Waals surface area contributed by atoms with Gasteiger partial charge in [0.05, 0.1) is 11.1 Å². The van der Waals surface area contributed by atoms with Gasteiger partial charge in [0.15, 0.2) is 5.82 Å². The second kappa shape index (κ2) is 9.79. The third kappa shape index (κ3) is 5.39. The van der Waals surface area contributed by atoms with Crippen molar-refractivity contribution in [2.45, 2.75) is 6.54 Å². The molecule has 0 aliphatic heterocycles. The van der Waals surface area contributed by atoms with Crippen LogP contribution >= 0.6 is 0 Å². The van der Waals surface area contributed by atoms with Gasteiger partial charge in [-0.1, -0.05) is 54.6 Å². The maximum Gasteiger partial charge on any atom is 0.335 e. The average Bonchev–Trinajstić information content (AvgIpc) is 2.79. The van der Waals surface area contributed by atoms with E-state index in [-0.39, 0.29) is 17.0 Å². The van der Waals surface area contributed by atoms with Gasteiger partial charge >= 0.3 is 5.97 Å². The Balaban J connectivity index is 1.60. The van der Waals surface area contributed by atoms with Gasteiger partial charge in [-0.2, -0.15) is 0 Å². The van der Waals surface area contributed by atoms with E-state index in [1.807, 2.05) is 54.6 Å². The highest BCUT2D eigenvalue weighted by Gasteiger charge is 2.08. The summed E-state index contributed by atoms with van der Waals surface area (Å²) in [4.78, 5) is 31.4. The molecule has 0 bridgehead atoms. The molecule has 0 unspecified atom stereocenters. The highest BCUT2D eigenvalue weighted by molar-refractivity contribution is 6.12. The first-order valence-electron chi connectivity index (χ1n) is 9.14. The second-order valence-corrected chi connectivity index (χ2v) is 6.33. The zero-order valence-electron chi connectivity index (χ0n) is 16.0. The van der Waals surface area contributed by atoms with Crippen molar-refractivity contribution < 1.29 is 14.7 Å². The van der Waals surface area contributed by atoms with Crippen LogP contribution in [-0.2, 0) is 11.3 Å². The van der Waals surface area contributed by atoms with Gasteiger partial charge in [0.1, 0.15) is 0 Å². The Hall–Kier alpha value is -4.26. The summed E-state index contributed by atoms with van der Waals surface area (Å²) in [5.74, 6) is -1.32. The number of aliphatic imine (C=N–C) groups is 1. The Morgan fingerprint density at radius 3 is 2.40 bits per heavy atom. The van der Waals surface area contributed by atoms with E-state index in [1.165, 1.54) is 24.5 Å². The lowest BCUT2D eigenvalue weighted by molar-refractivity contribution is -0.117. The number of carbonyl (C=O) groups is 2. The second-order valence-electron chi connectivity index (χ2n) is 6.33. The monoisotopic (exact) mass is 400 g/mol. The van der Waals surface area contributed by atoms with E-state index in [9.17, 15) is 9.59 Å². The van der Waals surface area contributed by atoms with Crippen molar-refractivity contribution in [2.75, 3.05) is 0 Å². The SMILES string of the molecule is N/C=C(\C=Nc1cc(C(=O)O)ccn1)C(=O)NCc1ccc(-c2ccccc2)cc1. The molecule has 150 valence electrons. The molecule has 0 saturated heterocycles. The number of nitrogens with one attached hydrogen (secondary N) is 1. The van der Waals surface area contributed by atoms with Crippen molar-refractivity contribution in [1.29, 1.82) is 0 Å². The lowest BCUT2D eigenvalue weighted by atomic mass is 10.0. The minimum Gasteiger partial charge on any atom is -0.478 e. The van der Waals surface area contributed by atoms with E-state index in [0.717, 1.165) is 22.9 Å². The number of pyridine rings is 1. The van der Waals surface area contributed by atoms with Crippen LogP contribution in [-0.4, -0.2) is 28.2 Å². The summed E-state index contributed by atoms with van der Waals surface area (Å²) in [6.07, 6.45) is 3.72. The molecular weight excluding hydrogens is 380 g/mol. The number of rotatable bonds is 7. The quantitative estimate of drug-likeness (QED) is 0.415. The predicted octanol–water partition coefficient (Wildman–Crippen LogP) is 3.31. The molecule has 7 heteroatoms. The van der Waals surface area contributed by atoms with E-state index in [0.29, 0.717) is 6.54 Å². The zero-order chi connectivity index (χ0) is 21.3. The highest BCUT2D eigenvalue weighted by Crippen LogP contribution is 2.19. The molecule has 3 rings (SSSR count). The third-order valence-corrected chi connectivity index (χ3v) is 4.28. The van der Waals surface area contributed by atoms with Gasteiger partial charge in [-0.05, 0) is 28.8 Å². The summed E-state index contributed by atoms with van der Waals surface area (Å²) in [5, 5.41) is 11.8. The zero-order valence-corrected chi connectivity index (χ0v) is 16.0. The molecule has 0 aliphatic carbocycles. The van der Waals surface area contributed by atoms with Gasteiger partial charge in [-0.25, -0.2) is 14.8 Å². The van der Waals surface area contributed by atoms with E-state index in [1.54, 1.807) is 0 Å². The normalized spacial score (nSPS) is 11.4. The molecule has 1 aromatic heterocycles. The van der Waals surface area contributed by atoms with Crippen molar-refractivity contribution in [3.63, 3.8) is 0 Å². The van der Waals surface area contributed by atoms with Crippen LogP contribution in [0.4, 0.5) is 5.82 Å². The molecular formula is C23H20N4O3. The molecule has 1 amide bonds. The number of hydrogen-bond acceptors (Lipinski definition) is 5. The molecule has 30 heavy (non-hydrogen) atoms. The molecule has 3 aromatic rings. The molecule has 0 aliphatic rings. The van der Waals surface area contributed by atoms with Gasteiger partial charge in [-0.3, -0.25) is 4.79 Å². The Morgan fingerprint density at radius 2 is 1.73 bits per heavy atom. The number of nitrogens with zero attached hydrogens (tertiary/aromatic N) is 2. The van der Waals surface area contributed by atoms with Gasteiger partial charge in [0.2, 0.25) is 0 Å².